The lowest BCUT2D eigenvalue weighted by molar-refractivity contribution is 0.0701. The van der Waals surface area contributed by atoms with Crippen LogP contribution in [0.1, 0.15) is 33.5 Å². The second-order valence-electron chi connectivity index (χ2n) is 7.25. The topological polar surface area (TPSA) is 72.9 Å². The molecule has 0 N–H and O–H groups in total. The minimum absolute atomic E-state index is 0.0761. The number of fused-ring (bicyclic) bond motifs is 2. The lowest BCUT2D eigenvalue weighted by atomic mass is 9.98. The van der Waals surface area contributed by atoms with Gasteiger partial charge in [-0.3, -0.25) is 9.59 Å². The molecule has 154 valence electrons. The first-order valence-corrected chi connectivity index (χ1v) is 9.90. The Kier molecular flexibility index (Phi) is 4.67. The van der Waals surface area contributed by atoms with Crippen LogP contribution in [0.25, 0.3) is 11.0 Å². The molecule has 1 unspecified atom stereocenters. The molecule has 0 radical (unpaired) electrons. The Labute approximate surface area is 178 Å². The SMILES string of the molecule is C=CCOc1ccc(C2c3c(oc4ccccc4c3=O)C(=O)N2Cc2ccco2)cc1. The van der Waals surface area contributed by atoms with Gasteiger partial charge in [0.25, 0.3) is 5.91 Å². The van der Waals surface area contributed by atoms with Crippen LogP contribution in [0.2, 0.25) is 0 Å². The lowest BCUT2D eigenvalue weighted by Gasteiger charge is -2.24. The van der Waals surface area contributed by atoms with E-state index in [1.165, 1.54) is 0 Å². The molecule has 5 rings (SSSR count). The van der Waals surface area contributed by atoms with Crippen LogP contribution in [0.4, 0.5) is 0 Å². The number of hydrogen-bond donors (Lipinski definition) is 0. The number of carbonyl (C=O) groups excluding carboxylic acids is 1. The first kappa shape index (κ1) is 18.9. The Morgan fingerprint density at radius 3 is 2.58 bits per heavy atom. The van der Waals surface area contributed by atoms with Gasteiger partial charge in [0.05, 0.1) is 29.8 Å². The molecule has 6 heteroatoms. The molecule has 0 fully saturated rings. The largest absolute Gasteiger partial charge is 0.490 e. The molecule has 6 nitrogen and oxygen atoms in total. The zero-order valence-corrected chi connectivity index (χ0v) is 16.6. The van der Waals surface area contributed by atoms with Gasteiger partial charge in [0.2, 0.25) is 5.76 Å². The molecule has 3 heterocycles. The molecule has 0 saturated heterocycles. The molecule has 0 saturated carbocycles. The van der Waals surface area contributed by atoms with Gasteiger partial charge >= 0.3 is 0 Å². The van der Waals surface area contributed by atoms with Crippen molar-refractivity contribution in [3.05, 3.63) is 112 Å². The third kappa shape index (κ3) is 3.22. The second-order valence-corrected chi connectivity index (χ2v) is 7.25. The fourth-order valence-corrected chi connectivity index (χ4v) is 3.95. The Morgan fingerprint density at radius 1 is 1.03 bits per heavy atom. The van der Waals surface area contributed by atoms with Gasteiger partial charge < -0.3 is 18.5 Å². The van der Waals surface area contributed by atoms with E-state index >= 15 is 0 Å². The Bertz CT molecular complexity index is 1320. The number of para-hydroxylation sites is 1. The average molecular weight is 413 g/mol. The standard InChI is InChI=1S/C25H19NO5/c1-2-13-29-17-11-9-16(10-12-17)22-21-23(27)19-7-3-4-8-20(19)31-24(21)25(28)26(22)15-18-6-5-14-30-18/h2-12,14,22H,1,13,15H2. The summed E-state index contributed by atoms with van der Waals surface area (Å²) in [5.74, 6) is 1.03. The Balaban J connectivity index is 1.65. The summed E-state index contributed by atoms with van der Waals surface area (Å²) in [5.41, 5.74) is 1.32. The minimum Gasteiger partial charge on any atom is -0.490 e. The van der Waals surface area contributed by atoms with Gasteiger partial charge in [-0.2, -0.15) is 0 Å². The summed E-state index contributed by atoms with van der Waals surface area (Å²) in [4.78, 5) is 28.3. The number of ether oxygens (including phenoxy) is 1. The van der Waals surface area contributed by atoms with Gasteiger partial charge in [0, 0.05) is 0 Å². The number of rotatable bonds is 6. The Morgan fingerprint density at radius 2 is 1.84 bits per heavy atom. The first-order valence-electron chi connectivity index (χ1n) is 9.90. The van der Waals surface area contributed by atoms with Crippen molar-refractivity contribution in [1.29, 1.82) is 0 Å². The quantitative estimate of drug-likeness (QED) is 0.429. The number of carbonyl (C=O) groups is 1. The predicted molar refractivity (Wildman–Crippen MR) is 115 cm³/mol. The van der Waals surface area contributed by atoms with Crippen molar-refractivity contribution in [3.8, 4) is 5.75 Å². The number of furan rings is 1. The summed E-state index contributed by atoms with van der Waals surface area (Å²) in [5, 5.41) is 0.449. The van der Waals surface area contributed by atoms with E-state index in [1.807, 2.05) is 24.3 Å². The van der Waals surface area contributed by atoms with Gasteiger partial charge in [-0.1, -0.05) is 36.9 Å². The van der Waals surface area contributed by atoms with E-state index in [-0.39, 0.29) is 23.6 Å². The van der Waals surface area contributed by atoms with Crippen LogP contribution in [0.15, 0.2) is 93.2 Å². The van der Waals surface area contributed by atoms with Crippen molar-refractivity contribution < 1.29 is 18.4 Å². The summed E-state index contributed by atoms with van der Waals surface area (Å²) in [6.07, 6.45) is 3.22. The normalized spacial score (nSPS) is 15.3. The van der Waals surface area contributed by atoms with Crippen LogP contribution in [0, 0.1) is 0 Å². The Hall–Kier alpha value is -4.06. The van der Waals surface area contributed by atoms with Crippen molar-refractivity contribution in [2.24, 2.45) is 0 Å². The van der Waals surface area contributed by atoms with Gasteiger partial charge in [-0.25, -0.2) is 0 Å². The van der Waals surface area contributed by atoms with E-state index in [4.69, 9.17) is 13.6 Å². The third-order valence-corrected chi connectivity index (χ3v) is 5.34. The maximum Gasteiger partial charge on any atom is 0.291 e. The summed E-state index contributed by atoms with van der Waals surface area (Å²) in [7, 11) is 0. The molecule has 1 amide bonds. The molecule has 1 aliphatic rings. The van der Waals surface area contributed by atoms with Crippen molar-refractivity contribution >= 4 is 16.9 Å². The van der Waals surface area contributed by atoms with Gasteiger partial charge in [0.1, 0.15) is 23.7 Å². The molecule has 4 aromatic rings. The molecule has 2 aromatic heterocycles. The zero-order chi connectivity index (χ0) is 21.4. The van der Waals surface area contributed by atoms with Crippen molar-refractivity contribution in [3.63, 3.8) is 0 Å². The van der Waals surface area contributed by atoms with Gasteiger partial charge in [-0.05, 0) is 42.0 Å². The van der Waals surface area contributed by atoms with Gasteiger partial charge in [-0.15, -0.1) is 0 Å². The van der Waals surface area contributed by atoms with Crippen LogP contribution in [0.3, 0.4) is 0 Å². The average Bonchev–Trinajstić information content (AvgIpc) is 3.41. The molecule has 31 heavy (non-hydrogen) atoms. The maximum absolute atomic E-state index is 13.4. The van der Waals surface area contributed by atoms with Crippen molar-refractivity contribution in [2.45, 2.75) is 12.6 Å². The van der Waals surface area contributed by atoms with Crippen LogP contribution in [-0.2, 0) is 6.54 Å². The summed E-state index contributed by atoms with van der Waals surface area (Å²) in [6.45, 7) is 4.25. The van der Waals surface area contributed by atoms with Crippen LogP contribution in [0.5, 0.6) is 5.75 Å². The van der Waals surface area contributed by atoms with Crippen LogP contribution < -0.4 is 10.2 Å². The minimum atomic E-state index is -0.595. The summed E-state index contributed by atoms with van der Waals surface area (Å²) in [6, 6.07) is 17.3. The highest BCUT2D eigenvalue weighted by Crippen LogP contribution is 2.39. The fraction of sp³-hybridized carbons (Fsp3) is 0.120. The van der Waals surface area contributed by atoms with E-state index in [9.17, 15) is 9.59 Å². The molecular weight excluding hydrogens is 394 g/mol. The van der Waals surface area contributed by atoms with Crippen LogP contribution in [-0.4, -0.2) is 17.4 Å². The third-order valence-electron chi connectivity index (χ3n) is 5.34. The highest BCUT2D eigenvalue weighted by Gasteiger charge is 2.43. The molecule has 0 aliphatic carbocycles. The monoisotopic (exact) mass is 413 g/mol. The van der Waals surface area contributed by atoms with E-state index in [0.29, 0.717) is 34.6 Å². The number of hydrogen-bond acceptors (Lipinski definition) is 5. The van der Waals surface area contributed by atoms with E-state index in [1.54, 1.807) is 53.6 Å². The number of amides is 1. The molecule has 1 aliphatic heterocycles. The first-order chi connectivity index (χ1) is 15.2. The van der Waals surface area contributed by atoms with E-state index < -0.39 is 6.04 Å². The second kappa shape index (κ2) is 7.65. The summed E-state index contributed by atoms with van der Waals surface area (Å²) >= 11 is 0. The lowest BCUT2D eigenvalue weighted by Crippen LogP contribution is -2.29. The highest BCUT2D eigenvalue weighted by atomic mass is 16.5. The molecule has 0 bridgehead atoms. The number of benzene rings is 2. The molecule has 2 aromatic carbocycles. The van der Waals surface area contributed by atoms with Crippen molar-refractivity contribution in [2.75, 3.05) is 6.61 Å². The van der Waals surface area contributed by atoms with E-state index in [0.717, 1.165) is 5.56 Å². The molecular formula is C25H19NO5. The smallest absolute Gasteiger partial charge is 0.291 e. The van der Waals surface area contributed by atoms with Crippen molar-refractivity contribution in [1.82, 2.24) is 4.90 Å². The molecule has 0 spiro atoms. The maximum atomic E-state index is 13.4. The highest BCUT2D eigenvalue weighted by molar-refractivity contribution is 5.99. The summed E-state index contributed by atoms with van der Waals surface area (Å²) < 4.78 is 16.9. The van der Waals surface area contributed by atoms with E-state index in [2.05, 4.69) is 6.58 Å². The number of nitrogens with zero attached hydrogens (tertiary/aromatic N) is 1. The fourth-order valence-electron chi connectivity index (χ4n) is 3.95. The molecule has 1 atom stereocenters. The van der Waals surface area contributed by atoms with Gasteiger partial charge in [0.15, 0.2) is 5.43 Å². The zero-order valence-electron chi connectivity index (χ0n) is 16.6. The van der Waals surface area contributed by atoms with Crippen LogP contribution >= 0.6 is 0 Å². The predicted octanol–water partition coefficient (Wildman–Crippen LogP) is 4.70.